The molecule has 0 amide bonds. The molecule has 1 heterocycles. The second kappa shape index (κ2) is 4.46. The van der Waals surface area contributed by atoms with Gasteiger partial charge in [0.05, 0.1) is 0 Å². The Kier molecular flexibility index (Phi) is 3.01. The molecule has 0 saturated carbocycles. The summed E-state index contributed by atoms with van der Waals surface area (Å²) in [6.45, 7) is 11.9. The molecule has 86 valence electrons. The van der Waals surface area contributed by atoms with Gasteiger partial charge in [0.1, 0.15) is 11.5 Å². The molecule has 0 aromatic heterocycles. The summed E-state index contributed by atoms with van der Waals surface area (Å²) in [5.41, 5.74) is 2.18. The van der Waals surface area contributed by atoms with Crippen LogP contribution in [-0.4, -0.2) is 0 Å². The van der Waals surface area contributed by atoms with Crippen LogP contribution in [0.4, 0.5) is 0 Å². The fourth-order valence-electron chi connectivity index (χ4n) is 2.10. The van der Waals surface area contributed by atoms with Gasteiger partial charge in [-0.3, -0.25) is 0 Å². The van der Waals surface area contributed by atoms with Gasteiger partial charge < -0.3 is 4.74 Å². The summed E-state index contributed by atoms with van der Waals surface area (Å²) in [6.07, 6.45) is 5.77. The highest BCUT2D eigenvalue weighted by molar-refractivity contribution is 5.80. The number of hydrogen-bond acceptors (Lipinski definition) is 1. The fourth-order valence-corrected chi connectivity index (χ4v) is 2.10. The number of hydrogen-bond donors (Lipinski definition) is 0. The highest BCUT2D eigenvalue weighted by Crippen LogP contribution is 2.24. The molecule has 0 N–H and O–H groups in total. The summed E-state index contributed by atoms with van der Waals surface area (Å²) in [4.78, 5) is 0. The predicted molar refractivity (Wildman–Crippen MR) is 73.3 cm³/mol. The number of allylic oxidation sites excluding steroid dienone is 4. The van der Waals surface area contributed by atoms with Crippen LogP contribution in [0.25, 0.3) is 17.9 Å². The molecule has 1 aliphatic heterocycles. The van der Waals surface area contributed by atoms with Crippen molar-refractivity contribution in [3.63, 3.8) is 0 Å². The highest BCUT2D eigenvalue weighted by atomic mass is 16.5. The summed E-state index contributed by atoms with van der Waals surface area (Å²) >= 11 is 0. The third kappa shape index (κ3) is 1.84. The van der Waals surface area contributed by atoms with Crippen LogP contribution in [0.2, 0.25) is 0 Å². The third-order valence-corrected chi connectivity index (χ3v) is 2.85. The van der Waals surface area contributed by atoms with Crippen LogP contribution < -0.4 is 10.4 Å². The van der Waals surface area contributed by atoms with Gasteiger partial charge in [0, 0.05) is 10.8 Å². The number of rotatable bonds is 2. The van der Waals surface area contributed by atoms with E-state index in [9.17, 15) is 0 Å². The van der Waals surface area contributed by atoms with E-state index >= 15 is 0 Å². The maximum absolute atomic E-state index is 5.84. The van der Waals surface area contributed by atoms with E-state index < -0.39 is 0 Å². The molecule has 0 atom stereocenters. The Bertz CT molecular complexity index is 630. The molecule has 1 aromatic rings. The normalized spacial score (nSPS) is 14.8. The average Bonchev–Trinajstić information content (AvgIpc) is 2.29. The minimum atomic E-state index is 0.858. The largest absolute Gasteiger partial charge is 0.461 e. The minimum absolute atomic E-state index is 0.858. The molecule has 1 heteroatoms. The van der Waals surface area contributed by atoms with Crippen molar-refractivity contribution in [3.8, 4) is 0 Å². The topological polar surface area (TPSA) is 9.23 Å². The van der Waals surface area contributed by atoms with Crippen LogP contribution in [0, 0.1) is 0 Å². The Morgan fingerprint density at radius 1 is 1.29 bits per heavy atom. The summed E-state index contributed by atoms with van der Waals surface area (Å²) < 4.78 is 5.84. The van der Waals surface area contributed by atoms with Gasteiger partial charge in [0.25, 0.3) is 0 Å². The lowest BCUT2D eigenvalue weighted by Crippen LogP contribution is -2.31. The Hall–Kier alpha value is -2.02. The van der Waals surface area contributed by atoms with Crippen molar-refractivity contribution in [2.75, 3.05) is 0 Å². The van der Waals surface area contributed by atoms with Crippen molar-refractivity contribution in [2.24, 2.45) is 0 Å². The van der Waals surface area contributed by atoms with E-state index in [0.717, 1.165) is 33.1 Å². The van der Waals surface area contributed by atoms with Crippen LogP contribution in [0.5, 0.6) is 0 Å². The van der Waals surface area contributed by atoms with Gasteiger partial charge in [0.2, 0.25) is 0 Å². The Morgan fingerprint density at radius 3 is 2.71 bits per heavy atom. The lowest BCUT2D eigenvalue weighted by Gasteiger charge is -2.18. The van der Waals surface area contributed by atoms with Gasteiger partial charge in [-0.25, -0.2) is 0 Å². The zero-order valence-corrected chi connectivity index (χ0v) is 10.3. The van der Waals surface area contributed by atoms with Crippen molar-refractivity contribution < 1.29 is 4.74 Å². The first-order valence-electron chi connectivity index (χ1n) is 5.65. The van der Waals surface area contributed by atoms with E-state index in [2.05, 4.69) is 19.2 Å². The van der Waals surface area contributed by atoms with Crippen LogP contribution in [0.3, 0.4) is 0 Å². The molecule has 17 heavy (non-hydrogen) atoms. The minimum Gasteiger partial charge on any atom is -0.461 e. The van der Waals surface area contributed by atoms with Gasteiger partial charge in [-0.05, 0) is 30.7 Å². The van der Waals surface area contributed by atoms with Crippen molar-refractivity contribution in [1.82, 2.24) is 0 Å². The van der Waals surface area contributed by atoms with Crippen molar-refractivity contribution >= 4 is 17.9 Å². The standard InChI is InChI=1S/C16H16O/c1-5-8-15-16-11(3)9-7-10-14(16)13(6-2)12(4)17-15/h5-10H,2-3H2,1,4H3/b8-5-. The summed E-state index contributed by atoms with van der Waals surface area (Å²) in [5.74, 6) is 1.74. The molecular formula is C16H16O. The van der Waals surface area contributed by atoms with E-state index in [-0.39, 0.29) is 0 Å². The summed E-state index contributed by atoms with van der Waals surface area (Å²) in [7, 11) is 0. The van der Waals surface area contributed by atoms with Gasteiger partial charge in [-0.1, -0.05) is 43.5 Å². The lowest BCUT2D eigenvalue weighted by molar-refractivity contribution is 0.383. The van der Waals surface area contributed by atoms with Crippen LogP contribution in [-0.2, 0) is 4.74 Å². The van der Waals surface area contributed by atoms with Gasteiger partial charge in [-0.15, -0.1) is 0 Å². The van der Waals surface area contributed by atoms with Crippen LogP contribution in [0.15, 0.2) is 48.8 Å². The first kappa shape index (κ1) is 11.5. The van der Waals surface area contributed by atoms with E-state index in [1.807, 2.05) is 44.2 Å². The second-order valence-electron chi connectivity index (χ2n) is 3.98. The molecule has 0 aliphatic carbocycles. The van der Waals surface area contributed by atoms with Gasteiger partial charge in [-0.2, -0.15) is 0 Å². The number of fused-ring (bicyclic) bond motifs is 1. The first-order chi connectivity index (χ1) is 8.19. The maximum atomic E-state index is 5.84. The smallest absolute Gasteiger partial charge is 0.135 e. The molecule has 1 aliphatic rings. The van der Waals surface area contributed by atoms with Crippen LogP contribution >= 0.6 is 0 Å². The summed E-state index contributed by atoms with van der Waals surface area (Å²) in [5, 5.41) is 2.04. The average molecular weight is 224 g/mol. The molecule has 0 radical (unpaired) electrons. The molecule has 2 rings (SSSR count). The van der Waals surface area contributed by atoms with E-state index in [1.165, 1.54) is 0 Å². The number of ether oxygens (including phenoxy) is 1. The van der Waals surface area contributed by atoms with Gasteiger partial charge >= 0.3 is 0 Å². The zero-order chi connectivity index (χ0) is 12.4. The van der Waals surface area contributed by atoms with Crippen LogP contribution in [0.1, 0.15) is 19.4 Å². The fraction of sp³-hybridized carbons (Fsp3) is 0.125. The van der Waals surface area contributed by atoms with Crippen molar-refractivity contribution in [1.29, 1.82) is 0 Å². The quantitative estimate of drug-likeness (QED) is 0.750. The molecule has 1 aromatic carbocycles. The van der Waals surface area contributed by atoms with Crippen molar-refractivity contribution in [2.45, 2.75) is 13.8 Å². The molecular weight excluding hydrogens is 208 g/mol. The highest BCUT2D eigenvalue weighted by Gasteiger charge is 2.14. The molecule has 0 spiro atoms. The SMILES string of the molecule is C=CC1=C(C)OC(/C=C\C)=c2c1cccc2=C. The van der Waals surface area contributed by atoms with Crippen molar-refractivity contribution in [3.05, 3.63) is 64.8 Å². The zero-order valence-electron chi connectivity index (χ0n) is 10.3. The number of benzene rings is 1. The Morgan fingerprint density at radius 2 is 2.06 bits per heavy atom. The molecule has 0 saturated heterocycles. The molecule has 0 bridgehead atoms. The Balaban J connectivity index is 2.91. The molecule has 0 unspecified atom stereocenters. The monoisotopic (exact) mass is 224 g/mol. The maximum Gasteiger partial charge on any atom is 0.135 e. The lowest BCUT2D eigenvalue weighted by atomic mass is 9.98. The van der Waals surface area contributed by atoms with E-state index in [4.69, 9.17) is 4.74 Å². The van der Waals surface area contributed by atoms with E-state index in [1.54, 1.807) is 0 Å². The third-order valence-electron chi connectivity index (χ3n) is 2.85. The van der Waals surface area contributed by atoms with Gasteiger partial charge in [0.15, 0.2) is 0 Å². The van der Waals surface area contributed by atoms with E-state index in [0.29, 0.717) is 0 Å². The molecule has 1 nitrogen and oxygen atoms in total. The Labute approximate surface area is 102 Å². The first-order valence-corrected chi connectivity index (χ1v) is 5.65. The second-order valence-corrected chi connectivity index (χ2v) is 3.98. The summed E-state index contributed by atoms with van der Waals surface area (Å²) in [6, 6.07) is 6.08. The molecule has 0 fully saturated rings. The predicted octanol–water partition coefficient (Wildman–Crippen LogP) is 2.73.